The quantitative estimate of drug-likeness (QED) is 0.447. The van der Waals surface area contributed by atoms with Gasteiger partial charge in [-0.1, -0.05) is 0 Å². The molecule has 1 fully saturated rings. The second kappa shape index (κ2) is 4.01. The van der Waals surface area contributed by atoms with Crippen LogP contribution in [0, 0.1) is 5.92 Å². The molecule has 74 valence electrons. The number of hydrogen-bond acceptors (Lipinski definition) is 3. The molecule has 1 rings (SSSR count). The van der Waals surface area contributed by atoms with E-state index in [9.17, 15) is 9.59 Å². The Kier molecular flexibility index (Phi) is 3.20. The summed E-state index contributed by atoms with van der Waals surface area (Å²) in [7, 11) is 2.01. The van der Waals surface area contributed by atoms with E-state index in [4.69, 9.17) is 0 Å². The summed E-state index contributed by atoms with van der Waals surface area (Å²) in [5, 5.41) is 0. The molecule has 13 heavy (non-hydrogen) atoms. The highest BCUT2D eigenvalue weighted by Gasteiger charge is 2.30. The minimum absolute atomic E-state index is 0.0960. The van der Waals surface area contributed by atoms with Gasteiger partial charge in [0.15, 0.2) is 0 Å². The molecule has 1 aliphatic heterocycles. The Labute approximate surface area is 79.1 Å². The molecule has 0 bridgehead atoms. The van der Waals surface area contributed by atoms with Gasteiger partial charge in [-0.3, -0.25) is 4.79 Å². The van der Waals surface area contributed by atoms with Crippen molar-refractivity contribution in [2.45, 2.75) is 38.8 Å². The van der Waals surface area contributed by atoms with Crippen molar-refractivity contribution in [1.29, 1.82) is 0 Å². The normalized spacial score (nSPS) is 37.2. The summed E-state index contributed by atoms with van der Waals surface area (Å²) in [6.45, 7) is 4.09. The maximum Gasteiger partial charge on any atom is 0.144 e. The lowest BCUT2D eigenvalue weighted by molar-refractivity contribution is -0.127. The van der Waals surface area contributed by atoms with Crippen molar-refractivity contribution in [2.75, 3.05) is 7.05 Å². The molecule has 1 heterocycles. The summed E-state index contributed by atoms with van der Waals surface area (Å²) in [5.74, 6) is -0.277. The van der Waals surface area contributed by atoms with Crippen LogP contribution in [-0.4, -0.2) is 36.1 Å². The number of hydrogen-bond donors (Lipinski definition) is 0. The molecule has 0 amide bonds. The number of carbonyl (C=O) groups excluding carboxylic acids is 2. The van der Waals surface area contributed by atoms with E-state index in [0.717, 1.165) is 6.29 Å². The number of aldehydes is 1. The molecule has 0 radical (unpaired) electrons. The fraction of sp³-hybridized carbons (Fsp3) is 0.800. The van der Waals surface area contributed by atoms with Gasteiger partial charge in [0.25, 0.3) is 0 Å². The predicted octanol–water partition coefficient (Wildman–Crippen LogP) is 0.873. The third-order valence-corrected chi connectivity index (χ3v) is 3.06. The number of carbonyl (C=O) groups is 2. The maximum absolute atomic E-state index is 11.5. The van der Waals surface area contributed by atoms with Crippen molar-refractivity contribution >= 4 is 12.1 Å². The largest absolute Gasteiger partial charge is 0.303 e. The van der Waals surface area contributed by atoms with Crippen molar-refractivity contribution in [3.8, 4) is 0 Å². The zero-order valence-electron chi connectivity index (χ0n) is 8.49. The second-order valence-electron chi connectivity index (χ2n) is 4.01. The lowest BCUT2D eigenvalue weighted by atomic mass is 9.97. The minimum Gasteiger partial charge on any atom is -0.303 e. The van der Waals surface area contributed by atoms with Crippen molar-refractivity contribution in [3.05, 3.63) is 0 Å². The zero-order chi connectivity index (χ0) is 10.0. The molecule has 0 spiro atoms. The third kappa shape index (κ3) is 2.15. The molecular formula is C10H17NO2. The molecule has 3 nitrogen and oxygen atoms in total. The number of Topliss-reactive ketones (excluding diaryl/α,β-unsaturated/α-hetero) is 1. The molecule has 0 aromatic rings. The van der Waals surface area contributed by atoms with Crippen LogP contribution in [-0.2, 0) is 9.59 Å². The minimum atomic E-state index is -0.373. The number of likely N-dealkylation sites (tertiary alicyclic amines) is 1. The summed E-state index contributed by atoms with van der Waals surface area (Å²) in [6.07, 6.45) is 1.97. The van der Waals surface area contributed by atoms with E-state index in [0.29, 0.717) is 18.9 Å². The Morgan fingerprint density at radius 2 is 2.00 bits per heavy atom. The Balaban J connectivity index is 2.78. The Bertz CT molecular complexity index is 215. The van der Waals surface area contributed by atoms with E-state index >= 15 is 0 Å². The van der Waals surface area contributed by atoms with Gasteiger partial charge in [-0.15, -0.1) is 0 Å². The van der Waals surface area contributed by atoms with E-state index < -0.39 is 0 Å². The Morgan fingerprint density at radius 1 is 1.38 bits per heavy atom. The Morgan fingerprint density at radius 3 is 2.54 bits per heavy atom. The lowest BCUT2D eigenvalue weighted by Gasteiger charge is -2.27. The van der Waals surface area contributed by atoms with Gasteiger partial charge in [-0.25, -0.2) is 0 Å². The van der Waals surface area contributed by atoms with E-state index in [2.05, 4.69) is 11.8 Å². The first kappa shape index (κ1) is 10.4. The zero-order valence-corrected chi connectivity index (χ0v) is 8.49. The highest BCUT2D eigenvalue weighted by molar-refractivity contribution is 5.93. The molecule has 3 atom stereocenters. The van der Waals surface area contributed by atoms with Crippen molar-refractivity contribution in [2.24, 2.45) is 5.92 Å². The molecule has 0 aromatic carbocycles. The van der Waals surface area contributed by atoms with E-state index in [1.807, 2.05) is 14.0 Å². The first-order chi connectivity index (χ1) is 6.06. The fourth-order valence-corrected chi connectivity index (χ4v) is 1.82. The van der Waals surface area contributed by atoms with Crippen LogP contribution in [0.4, 0.5) is 0 Å². The monoisotopic (exact) mass is 183 g/mol. The highest BCUT2D eigenvalue weighted by atomic mass is 16.1. The van der Waals surface area contributed by atoms with Crippen LogP contribution < -0.4 is 0 Å². The Hall–Kier alpha value is -0.700. The second-order valence-corrected chi connectivity index (χ2v) is 4.01. The van der Waals surface area contributed by atoms with Crippen LogP contribution in [0.15, 0.2) is 0 Å². The van der Waals surface area contributed by atoms with E-state index in [1.165, 1.54) is 0 Å². The average molecular weight is 183 g/mol. The standard InChI is InChI=1S/C10H17NO2/c1-7-4-9(6-12)10(13)5-8(2)11(7)3/h6-9H,4-5H2,1-3H3. The molecule has 0 aromatic heterocycles. The summed E-state index contributed by atoms with van der Waals surface area (Å²) in [4.78, 5) is 24.3. The van der Waals surface area contributed by atoms with Crippen molar-refractivity contribution in [1.82, 2.24) is 4.90 Å². The number of ketones is 1. The van der Waals surface area contributed by atoms with Crippen LogP contribution in [0.5, 0.6) is 0 Å². The molecule has 3 unspecified atom stereocenters. The number of nitrogens with zero attached hydrogens (tertiary/aromatic N) is 1. The smallest absolute Gasteiger partial charge is 0.144 e. The molecule has 3 heteroatoms. The molecular weight excluding hydrogens is 166 g/mol. The van der Waals surface area contributed by atoms with Gasteiger partial charge in [0, 0.05) is 18.5 Å². The first-order valence-corrected chi connectivity index (χ1v) is 4.76. The van der Waals surface area contributed by atoms with Crippen molar-refractivity contribution < 1.29 is 9.59 Å². The van der Waals surface area contributed by atoms with Crippen LogP contribution in [0.1, 0.15) is 26.7 Å². The SMILES string of the molecule is CC1CC(=O)C(C=O)CC(C)N1C. The van der Waals surface area contributed by atoms with E-state index in [-0.39, 0.29) is 17.7 Å². The lowest BCUT2D eigenvalue weighted by Crippen LogP contribution is -2.35. The summed E-state index contributed by atoms with van der Waals surface area (Å²) < 4.78 is 0. The third-order valence-electron chi connectivity index (χ3n) is 3.06. The maximum atomic E-state index is 11.5. The molecule has 0 saturated carbocycles. The van der Waals surface area contributed by atoms with Crippen LogP contribution in [0.3, 0.4) is 0 Å². The summed E-state index contributed by atoms with van der Waals surface area (Å²) >= 11 is 0. The van der Waals surface area contributed by atoms with Gasteiger partial charge >= 0.3 is 0 Å². The fourth-order valence-electron chi connectivity index (χ4n) is 1.82. The highest BCUT2D eigenvalue weighted by Crippen LogP contribution is 2.21. The van der Waals surface area contributed by atoms with Gasteiger partial charge in [-0.05, 0) is 27.3 Å². The first-order valence-electron chi connectivity index (χ1n) is 4.76. The summed E-state index contributed by atoms with van der Waals surface area (Å²) in [6, 6.07) is 0.573. The average Bonchev–Trinajstić information content (AvgIpc) is 2.18. The van der Waals surface area contributed by atoms with Gasteiger partial charge < -0.3 is 9.69 Å². The van der Waals surface area contributed by atoms with Gasteiger partial charge in [-0.2, -0.15) is 0 Å². The van der Waals surface area contributed by atoms with Crippen LogP contribution >= 0.6 is 0 Å². The molecule has 1 saturated heterocycles. The van der Waals surface area contributed by atoms with Crippen molar-refractivity contribution in [3.63, 3.8) is 0 Å². The van der Waals surface area contributed by atoms with E-state index in [1.54, 1.807) is 0 Å². The molecule has 0 aliphatic carbocycles. The van der Waals surface area contributed by atoms with Gasteiger partial charge in [0.05, 0.1) is 5.92 Å². The van der Waals surface area contributed by atoms with Gasteiger partial charge in [0.2, 0.25) is 0 Å². The van der Waals surface area contributed by atoms with Crippen LogP contribution in [0.25, 0.3) is 0 Å². The molecule has 0 N–H and O–H groups in total. The topological polar surface area (TPSA) is 37.4 Å². The molecule has 1 aliphatic rings. The van der Waals surface area contributed by atoms with Gasteiger partial charge in [0.1, 0.15) is 12.1 Å². The summed E-state index contributed by atoms with van der Waals surface area (Å²) in [5.41, 5.74) is 0. The number of rotatable bonds is 1. The predicted molar refractivity (Wildman–Crippen MR) is 50.5 cm³/mol. The van der Waals surface area contributed by atoms with Crippen LogP contribution in [0.2, 0.25) is 0 Å².